The first-order valence-corrected chi connectivity index (χ1v) is 13.6. The van der Waals surface area contributed by atoms with E-state index in [0.717, 1.165) is 42.6 Å². The van der Waals surface area contributed by atoms with Gasteiger partial charge in [-0.3, -0.25) is 0 Å². The maximum absolute atomic E-state index is 13.8. The van der Waals surface area contributed by atoms with Crippen LogP contribution >= 0.6 is 0 Å². The fraction of sp³-hybridized carbons (Fsp3) is 0.536. The third-order valence-electron chi connectivity index (χ3n) is 7.37. The van der Waals surface area contributed by atoms with Gasteiger partial charge in [0.15, 0.2) is 0 Å². The molecule has 43 heavy (non-hydrogen) atoms. The second-order valence-corrected chi connectivity index (χ2v) is 10.6. The molecule has 1 unspecified atom stereocenters. The number of anilines is 1. The highest BCUT2D eigenvalue weighted by molar-refractivity contribution is 5.41. The normalized spacial score (nSPS) is 15.7. The summed E-state index contributed by atoms with van der Waals surface area (Å²) in [7, 11) is 1.39. The predicted molar refractivity (Wildman–Crippen MR) is 138 cm³/mol. The van der Waals surface area contributed by atoms with E-state index in [1.807, 2.05) is 0 Å². The van der Waals surface area contributed by atoms with E-state index in [4.69, 9.17) is 4.74 Å². The van der Waals surface area contributed by atoms with E-state index in [2.05, 4.69) is 15.4 Å². The number of halogens is 9. The van der Waals surface area contributed by atoms with Gasteiger partial charge in [0.05, 0.1) is 29.8 Å². The molecular formula is C28H30F9N5O. The first kappa shape index (κ1) is 32.6. The van der Waals surface area contributed by atoms with Crippen LogP contribution in [0.25, 0.3) is 0 Å². The summed E-state index contributed by atoms with van der Waals surface area (Å²) < 4.78 is 129. The van der Waals surface area contributed by atoms with Crippen molar-refractivity contribution in [2.45, 2.75) is 76.8 Å². The fourth-order valence-corrected chi connectivity index (χ4v) is 5.40. The van der Waals surface area contributed by atoms with E-state index in [1.165, 1.54) is 18.0 Å². The number of ether oxygens (including phenoxy) is 1. The lowest BCUT2D eigenvalue weighted by atomic mass is 9.91. The Hall–Kier alpha value is -3.36. The third kappa shape index (κ3) is 8.39. The van der Waals surface area contributed by atoms with Crippen LogP contribution < -0.4 is 4.90 Å². The average Bonchev–Trinajstić information content (AvgIpc) is 3.58. The molecule has 236 valence electrons. The zero-order chi connectivity index (χ0) is 31.6. The van der Waals surface area contributed by atoms with E-state index in [9.17, 15) is 39.5 Å². The minimum Gasteiger partial charge on any atom is -0.374 e. The van der Waals surface area contributed by atoms with Crippen molar-refractivity contribution in [1.29, 1.82) is 0 Å². The Balaban J connectivity index is 1.80. The quantitative estimate of drug-likeness (QED) is 0.214. The van der Waals surface area contributed by atoms with E-state index in [-0.39, 0.29) is 30.7 Å². The Labute approximate surface area is 241 Å². The van der Waals surface area contributed by atoms with Gasteiger partial charge in [-0.2, -0.15) is 44.3 Å². The van der Waals surface area contributed by atoms with Crippen molar-refractivity contribution in [3.63, 3.8) is 0 Å². The zero-order valence-electron chi connectivity index (χ0n) is 23.3. The molecule has 1 atom stereocenters. The lowest BCUT2D eigenvalue weighted by Crippen LogP contribution is -2.26. The van der Waals surface area contributed by atoms with E-state index >= 15 is 0 Å². The standard InChI is InChI=1S/C28H30F9N5O/c1-3-43-24(12-17-6-4-5-7-17)23-9-8-20(26(29,30)31)13-19(23)16-42(25-38-40-41(2)39-25)15-18-10-21(27(32,33)34)14-22(11-18)28(35,36)37/h8-11,13-14,17,24H,3-7,12,15-16H2,1-2H3. The summed E-state index contributed by atoms with van der Waals surface area (Å²) in [5.41, 5.74) is -3.82. The van der Waals surface area contributed by atoms with Crippen LogP contribution in [0, 0.1) is 5.92 Å². The highest BCUT2D eigenvalue weighted by Crippen LogP contribution is 2.40. The molecule has 0 spiro atoms. The van der Waals surface area contributed by atoms with Gasteiger partial charge in [-0.05, 0) is 71.5 Å². The lowest BCUT2D eigenvalue weighted by molar-refractivity contribution is -0.143. The van der Waals surface area contributed by atoms with Crippen LogP contribution in [-0.4, -0.2) is 26.8 Å². The summed E-state index contributed by atoms with van der Waals surface area (Å²) in [5, 5.41) is 11.6. The SMILES string of the molecule is CCOC(CC1CCCC1)c1ccc(C(F)(F)F)cc1CN(Cc1cc(C(F)(F)F)cc(C(F)(F)F)c1)c1nnn(C)n1. The summed E-state index contributed by atoms with van der Waals surface area (Å²) >= 11 is 0. The van der Waals surface area contributed by atoms with Crippen molar-refractivity contribution in [2.24, 2.45) is 13.0 Å². The smallest absolute Gasteiger partial charge is 0.374 e. The maximum atomic E-state index is 13.8. The Kier molecular flexibility index (Phi) is 9.62. The van der Waals surface area contributed by atoms with Crippen LogP contribution in [0.1, 0.15) is 78.5 Å². The first-order chi connectivity index (χ1) is 20.0. The van der Waals surface area contributed by atoms with Crippen molar-refractivity contribution in [1.82, 2.24) is 20.2 Å². The monoisotopic (exact) mass is 623 g/mol. The van der Waals surface area contributed by atoms with Crippen LogP contribution in [-0.2, 0) is 43.4 Å². The summed E-state index contributed by atoms with van der Waals surface area (Å²) in [6, 6.07) is 4.32. The number of aromatic nitrogens is 4. The van der Waals surface area contributed by atoms with Crippen LogP contribution in [0.5, 0.6) is 0 Å². The zero-order valence-corrected chi connectivity index (χ0v) is 23.3. The minimum atomic E-state index is -5.08. The summed E-state index contributed by atoms with van der Waals surface area (Å²) in [6.07, 6.45) is -10.9. The molecule has 0 radical (unpaired) electrons. The van der Waals surface area contributed by atoms with Crippen LogP contribution in [0.4, 0.5) is 45.5 Å². The molecule has 1 aromatic heterocycles. The molecule has 4 rings (SSSR count). The molecule has 1 aliphatic carbocycles. The number of alkyl halides is 9. The maximum Gasteiger partial charge on any atom is 0.416 e. The van der Waals surface area contributed by atoms with E-state index in [1.54, 1.807) is 6.92 Å². The minimum absolute atomic E-state index is 0.00896. The number of tetrazole rings is 1. The van der Waals surface area contributed by atoms with Crippen molar-refractivity contribution < 1.29 is 44.3 Å². The lowest BCUT2D eigenvalue weighted by Gasteiger charge is -2.28. The van der Waals surface area contributed by atoms with E-state index < -0.39 is 53.4 Å². The van der Waals surface area contributed by atoms with Crippen LogP contribution in [0.2, 0.25) is 0 Å². The number of hydrogen-bond acceptors (Lipinski definition) is 5. The molecule has 0 bridgehead atoms. The van der Waals surface area contributed by atoms with Gasteiger partial charge >= 0.3 is 18.5 Å². The van der Waals surface area contributed by atoms with Gasteiger partial charge < -0.3 is 9.64 Å². The van der Waals surface area contributed by atoms with Gasteiger partial charge in [0.1, 0.15) is 0 Å². The topological polar surface area (TPSA) is 56.1 Å². The summed E-state index contributed by atoms with van der Waals surface area (Å²) in [5.74, 6) is 0.107. The molecule has 1 aliphatic rings. The first-order valence-electron chi connectivity index (χ1n) is 13.6. The molecule has 2 aromatic carbocycles. The molecule has 1 saturated carbocycles. The Morgan fingerprint density at radius 3 is 1.98 bits per heavy atom. The Morgan fingerprint density at radius 1 is 0.860 bits per heavy atom. The van der Waals surface area contributed by atoms with E-state index in [0.29, 0.717) is 30.0 Å². The molecule has 15 heteroatoms. The largest absolute Gasteiger partial charge is 0.416 e. The van der Waals surface area contributed by atoms with Gasteiger partial charge in [0.2, 0.25) is 0 Å². The Morgan fingerprint density at radius 2 is 1.47 bits per heavy atom. The Bertz CT molecular complexity index is 1350. The third-order valence-corrected chi connectivity index (χ3v) is 7.37. The van der Waals surface area contributed by atoms with Crippen LogP contribution in [0.15, 0.2) is 36.4 Å². The molecule has 0 amide bonds. The average molecular weight is 624 g/mol. The predicted octanol–water partition coefficient (Wildman–Crippen LogP) is 8.13. The molecule has 0 aliphatic heterocycles. The fourth-order valence-electron chi connectivity index (χ4n) is 5.40. The number of benzene rings is 2. The molecular weight excluding hydrogens is 593 g/mol. The number of hydrogen-bond donors (Lipinski definition) is 0. The number of aryl methyl sites for hydroxylation is 1. The van der Waals surface area contributed by atoms with Gasteiger partial charge in [-0.25, -0.2) is 0 Å². The molecule has 1 heterocycles. The molecule has 0 saturated heterocycles. The summed E-state index contributed by atoms with van der Waals surface area (Å²) in [4.78, 5) is 2.21. The highest BCUT2D eigenvalue weighted by Gasteiger charge is 2.37. The van der Waals surface area contributed by atoms with Gasteiger partial charge in [-0.15, -0.1) is 5.10 Å². The highest BCUT2D eigenvalue weighted by atomic mass is 19.4. The van der Waals surface area contributed by atoms with Crippen molar-refractivity contribution >= 4 is 5.95 Å². The van der Waals surface area contributed by atoms with Gasteiger partial charge in [-0.1, -0.05) is 36.8 Å². The van der Waals surface area contributed by atoms with Crippen molar-refractivity contribution in [3.8, 4) is 0 Å². The molecule has 0 N–H and O–H groups in total. The summed E-state index contributed by atoms with van der Waals surface area (Å²) in [6.45, 7) is 1.07. The van der Waals surface area contributed by atoms with Crippen molar-refractivity contribution in [3.05, 3.63) is 69.8 Å². The van der Waals surface area contributed by atoms with Crippen LogP contribution in [0.3, 0.4) is 0 Å². The van der Waals surface area contributed by atoms with Gasteiger partial charge in [0.25, 0.3) is 5.95 Å². The molecule has 3 aromatic rings. The second-order valence-electron chi connectivity index (χ2n) is 10.6. The second kappa shape index (κ2) is 12.7. The van der Waals surface area contributed by atoms with Crippen molar-refractivity contribution in [2.75, 3.05) is 11.5 Å². The molecule has 6 nitrogen and oxygen atoms in total. The molecule has 1 fully saturated rings. The number of rotatable bonds is 10. The van der Waals surface area contributed by atoms with Gasteiger partial charge in [0, 0.05) is 19.7 Å². The number of nitrogens with zero attached hydrogens (tertiary/aromatic N) is 5.